The van der Waals surface area contributed by atoms with Crippen LogP contribution in [0.2, 0.25) is 0 Å². The summed E-state index contributed by atoms with van der Waals surface area (Å²) in [6.07, 6.45) is -0.446. The lowest BCUT2D eigenvalue weighted by molar-refractivity contribution is -0.0159. The van der Waals surface area contributed by atoms with Crippen LogP contribution in [0.15, 0.2) is 48.5 Å². The number of hydrogen-bond donors (Lipinski definition) is 0. The first-order valence-corrected chi connectivity index (χ1v) is 9.86. The number of halogens is 2. The van der Waals surface area contributed by atoms with Crippen LogP contribution in [0.5, 0.6) is 0 Å². The van der Waals surface area contributed by atoms with E-state index >= 15 is 0 Å². The van der Waals surface area contributed by atoms with Crippen molar-refractivity contribution in [2.24, 2.45) is 0 Å². The van der Waals surface area contributed by atoms with E-state index in [4.69, 9.17) is 4.74 Å². The molecule has 6 heteroatoms. The Balaban J connectivity index is 1.89. The quantitative estimate of drug-likeness (QED) is 0.712. The molecular formula is C23H28F2N2O2. The van der Waals surface area contributed by atoms with Gasteiger partial charge in [0.05, 0.1) is 6.04 Å². The van der Waals surface area contributed by atoms with Crippen LogP contribution in [0.25, 0.3) is 0 Å². The summed E-state index contributed by atoms with van der Waals surface area (Å²) in [5.74, 6) is -1.82. The van der Waals surface area contributed by atoms with Gasteiger partial charge in [-0.25, -0.2) is 13.6 Å². The summed E-state index contributed by atoms with van der Waals surface area (Å²) in [5.41, 5.74) is 1.08. The summed E-state index contributed by atoms with van der Waals surface area (Å²) >= 11 is 0. The number of carbonyl (C=O) groups is 1. The van der Waals surface area contributed by atoms with Crippen LogP contribution in [0, 0.1) is 11.6 Å². The average molecular weight is 402 g/mol. The van der Waals surface area contributed by atoms with Crippen LogP contribution in [0.3, 0.4) is 0 Å². The van der Waals surface area contributed by atoms with Gasteiger partial charge in [0.25, 0.3) is 0 Å². The van der Waals surface area contributed by atoms with E-state index < -0.39 is 29.4 Å². The Morgan fingerprint density at radius 3 is 2.38 bits per heavy atom. The van der Waals surface area contributed by atoms with Gasteiger partial charge >= 0.3 is 6.09 Å². The maximum absolute atomic E-state index is 13.9. The smallest absolute Gasteiger partial charge is 0.410 e. The van der Waals surface area contributed by atoms with Gasteiger partial charge < -0.3 is 4.74 Å². The van der Waals surface area contributed by atoms with Gasteiger partial charge in [-0.15, -0.1) is 0 Å². The first-order chi connectivity index (χ1) is 13.6. The van der Waals surface area contributed by atoms with Crippen molar-refractivity contribution in [1.82, 2.24) is 9.80 Å². The van der Waals surface area contributed by atoms with Crippen molar-refractivity contribution in [1.29, 1.82) is 0 Å². The Morgan fingerprint density at radius 1 is 1.07 bits per heavy atom. The van der Waals surface area contributed by atoms with Gasteiger partial charge in [0, 0.05) is 25.7 Å². The minimum absolute atomic E-state index is 0.0873. The van der Waals surface area contributed by atoms with E-state index in [0.717, 1.165) is 11.6 Å². The summed E-state index contributed by atoms with van der Waals surface area (Å²) in [7, 11) is 0. The maximum Gasteiger partial charge on any atom is 0.410 e. The molecule has 0 aromatic heterocycles. The molecule has 1 aliphatic heterocycles. The van der Waals surface area contributed by atoms with E-state index in [1.807, 2.05) is 39.0 Å². The van der Waals surface area contributed by atoms with Crippen LogP contribution in [-0.4, -0.2) is 40.6 Å². The number of hydrogen-bond acceptors (Lipinski definition) is 3. The molecular weight excluding hydrogens is 374 g/mol. The largest absolute Gasteiger partial charge is 0.444 e. The third kappa shape index (κ3) is 5.32. The SMILES string of the molecule is C[C@@H]1CN(C(=O)OC(C)(C)C)C(c2ccc(F)c(F)c2)CN1Cc1ccccc1. The number of carbonyl (C=O) groups excluding carboxylic acids is 1. The van der Waals surface area contributed by atoms with E-state index in [-0.39, 0.29) is 6.04 Å². The fourth-order valence-corrected chi connectivity index (χ4v) is 3.59. The Hall–Kier alpha value is -2.47. The minimum atomic E-state index is -0.917. The van der Waals surface area contributed by atoms with Crippen LogP contribution >= 0.6 is 0 Å². The third-order valence-electron chi connectivity index (χ3n) is 5.05. The summed E-state index contributed by atoms with van der Waals surface area (Å²) in [6.45, 7) is 9.14. The molecule has 2 atom stereocenters. The fraction of sp³-hybridized carbons (Fsp3) is 0.435. The zero-order chi connectivity index (χ0) is 21.2. The normalized spacial score (nSPS) is 20.6. The van der Waals surface area contributed by atoms with Crippen molar-refractivity contribution in [3.63, 3.8) is 0 Å². The lowest BCUT2D eigenvalue weighted by atomic mass is 9.99. The van der Waals surface area contributed by atoms with Crippen LogP contribution in [-0.2, 0) is 11.3 Å². The molecule has 156 valence electrons. The van der Waals surface area contributed by atoms with Crippen molar-refractivity contribution < 1.29 is 18.3 Å². The second-order valence-corrected chi connectivity index (χ2v) is 8.59. The molecule has 4 nitrogen and oxygen atoms in total. The lowest BCUT2D eigenvalue weighted by Crippen LogP contribution is -2.55. The highest BCUT2D eigenvalue weighted by atomic mass is 19.2. The maximum atomic E-state index is 13.9. The van der Waals surface area contributed by atoms with E-state index in [0.29, 0.717) is 25.2 Å². The molecule has 1 saturated heterocycles. The molecule has 0 N–H and O–H groups in total. The number of ether oxygens (including phenoxy) is 1. The van der Waals surface area contributed by atoms with E-state index in [2.05, 4.69) is 24.0 Å². The van der Waals surface area contributed by atoms with E-state index in [1.54, 1.807) is 4.90 Å². The van der Waals surface area contributed by atoms with Crippen molar-refractivity contribution in [2.75, 3.05) is 13.1 Å². The molecule has 0 radical (unpaired) electrons. The highest BCUT2D eigenvalue weighted by Gasteiger charge is 2.37. The minimum Gasteiger partial charge on any atom is -0.444 e. The molecule has 2 aromatic carbocycles. The van der Waals surface area contributed by atoms with E-state index in [9.17, 15) is 13.6 Å². The van der Waals surface area contributed by atoms with Crippen molar-refractivity contribution in [3.8, 4) is 0 Å². The summed E-state index contributed by atoms with van der Waals surface area (Å²) in [6, 6.07) is 13.5. The molecule has 1 unspecified atom stereocenters. The Bertz CT molecular complexity index is 852. The number of benzene rings is 2. The van der Waals surface area contributed by atoms with Crippen LogP contribution in [0.1, 0.15) is 44.9 Å². The van der Waals surface area contributed by atoms with Crippen LogP contribution in [0.4, 0.5) is 13.6 Å². The molecule has 29 heavy (non-hydrogen) atoms. The predicted octanol–water partition coefficient (Wildman–Crippen LogP) is 5.15. The number of nitrogens with zero attached hydrogens (tertiary/aromatic N) is 2. The second-order valence-electron chi connectivity index (χ2n) is 8.59. The molecule has 0 bridgehead atoms. The first-order valence-electron chi connectivity index (χ1n) is 9.86. The van der Waals surface area contributed by atoms with Gasteiger partial charge in [0.15, 0.2) is 11.6 Å². The van der Waals surface area contributed by atoms with Crippen molar-refractivity contribution >= 4 is 6.09 Å². The summed E-state index contributed by atoms with van der Waals surface area (Å²) in [5, 5.41) is 0. The Morgan fingerprint density at radius 2 is 1.76 bits per heavy atom. The van der Waals surface area contributed by atoms with Crippen molar-refractivity contribution in [3.05, 3.63) is 71.3 Å². The molecule has 0 saturated carbocycles. The number of rotatable bonds is 3. The number of piperazine rings is 1. The standard InChI is InChI=1S/C23H28F2N2O2/c1-16-13-27(22(28)29-23(2,3)4)21(18-10-11-19(24)20(25)12-18)15-26(16)14-17-8-6-5-7-9-17/h5-12,16,21H,13-15H2,1-4H3/t16-,21?/m1/s1. The topological polar surface area (TPSA) is 32.8 Å². The molecule has 1 aliphatic rings. The zero-order valence-corrected chi connectivity index (χ0v) is 17.4. The zero-order valence-electron chi connectivity index (χ0n) is 17.4. The summed E-state index contributed by atoms with van der Waals surface area (Å²) in [4.78, 5) is 16.8. The van der Waals surface area contributed by atoms with Gasteiger partial charge in [0.2, 0.25) is 0 Å². The molecule has 1 fully saturated rings. The predicted molar refractivity (Wildman–Crippen MR) is 108 cm³/mol. The van der Waals surface area contributed by atoms with E-state index in [1.165, 1.54) is 12.1 Å². The molecule has 0 aliphatic carbocycles. The van der Waals surface area contributed by atoms with Crippen LogP contribution < -0.4 is 0 Å². The fourth-order valence-electron chi connectivity index (χ4n) is 3.59. The van der Waals surface area contributed by atoms with Crippen molar-refractivity contribution in [2.45, 2.75) is 51.9 Å². The molecule has 2 aromatic rings. The van der Waals surface area contributed by atoms with Gasteiger partial charge in [-0.05, 0) is 51.0 Å². The van der Waals surface area contributed by atoms with Gasteiger partial charge in [-0.1, -0.05) is 36.4 Å². The van der Waals surface area contributed by atoms with Gasteiger partial charge in [-0.3, -0.25) is 9.80 Å². The first kappa shape index (κ1) is 21.2. The Labute approximate surface area is 171 Å². The highest BCUT2D eigenvalue weighted by molar-refractivity contribution is 5.69. The number of amides is 1. The molecule has 1 amide bonds. The molecule has 0 spiro atoms. The lowest BCUT2D eigenvalue weighted by Gasteiger charge is -2.45. The molecule has 1 heterocycles. The third-order valence-corrected chi connectivity index (χ3v) is 5.05. The summed E-state index contributed by atoms with van der Waals surface area (Å²) < 4.78 is 33.0. The van der Waals surface area contributed by atoms with Gasteiger partial charge in [-0.2, -0.15) is 0 Å². The molecule has 3 rings (SSSR count). The van der Waals surface area contributed by atoms with Gasteiger partial charge in [0.1, 0.15) is 5.60 Å². The second kappa shape index (κ2) is 8.49. The highest BCUT2D eigenvalue weighted by Crippen LogP contribution is 2.31. The average Bonchev–Trinajstić information content (AvgIpc) is 2.65. The monoisotopic (exact) mass is 402 g/mol. The Kier molecular flexibility index (Phi) is 6.22.